The molecule has 1 saturated heterocycles. The average molecular weight is 315 g/mol. The molecule has 0 saturated carbocycles. The Balaban J connectivity index is 1.49. The first-order valence-electron chi connectivity index (χ1n) is 7.04. The van der Waals surface area contributed by atoms with Gasteiger partial charge in [-0.3, -0.25) is 0 Å². The molecule has 2 rings (SSSR count). The van der Waals surface area contributed by atoms with Crippen LogP contribution >= 0.6 is 11.6 Å². The van der Waals surface area contributed by atoms with E-state index in [0.717, 1.165) is 31.4 Å². The number of hydrogen-bond acceptors (Lipinski definition) is 4. The lowest BCUT2D eigenvalue weighted by molar-refractivity contribution is -0.0245. The minimum Gasteiger partial charge on any atom is -0.494 e. The lowest BCUT2D eigenvalue weighted by atomic mass is 10.1. The molecule has 1 heterocycles. The minimum atomic E-state index is -1.27. The van der Waals surface area contributed by atoms with Crippen LogP contribution in [0.25, 0.3) is 0 Å². The number of ether oxygens (including phenoxy) is 3. The van der Waals surface area contributed by atoms with Gasteiger partial charge in [0.15, 0.2) is 0 Å². The molecule has 0 radical (unpaired) electrons. The summed E-state index contributed by atoms with van der Waals surface area (Å²) < 4.78 is 15.4. The zero-order chi connectivity index (χ0) is 15.1. The molecule has 0 aliphatic carbocycles. The highest BCUT2D eigenvalue weighted by Gasteiger charge is 2.48. The van der Waals surface area contributed by atoms with Gasteiger partial charge in [0.05, 0.1) is 6.61 Å². The SMILES string of the molecule is O=C(O)OC1(CCCCCCOc2ccc(Cl)cc2)CO1. The molecule has 0 bridgehead atoms. The van der Waals surface area contributed by atoms with Crippen molar-refractivity contribution in [1.29, 1.82) is 0 Å². The van der Waals surface area contributed by atoms with Crippen molar-refractivity contribution in [2.45, 2.75) is 37.9 Å². The summed E-state index contributed by atoms with van der Waals surface area (Å²) in [6.07, 6.45) is 3.21. The molecule has 0 spiro atoms. The first-order valence-corrected chi connectivity index (χ1v) is 7.42. The van der Waals surface area contributed by atoms with E-state index in [9.17, 15) is 4.79 Å². The van der Waals surface area contributed by atoms with Crippen molar-refractivity contribution in [3.8, 4) is 5.75 Å². The van der Waals surface area contributed by atoms with Gasteiger partial charge < -0.3 is 19.3 Å². The fourth-order valence-corrected chi connectivity index (χ4v) is 2.19. The monoisotopic (exact) mass is 314 g/mol. The zero-order valence-electron chi connectivity index (χ0n) is 11.7. The summed E-state index contributed by atoms with van der Waals surface area (Å²) in [6.45, 7) is 1.04. The fourth-order valence-electron chi connectivity index (χ4n) is 2.06. The summed E-state index contributed by atoms with van der Waals surface area (Å²) in [5.41, 5.74) is 0. The van der Waals surface area contributed by atoms with Crippen molar-refractivity contribution >= 4 is 17.8 Å². The second-order valence-electron chi connectivity index (χ2n) is 5.03. The van der Waals surface area contributed by atoms with E-state index in [1.54, 1.807) is 12.1 Å². The van der Waals surface area contributed by atoms with Gasteiger partial charge in [-0.1, -0.05) is 24.4 Å². The van der Waals surface area contributed by atoms with Crippen LogP contribution in [0.4, 0.5) is 4.79 Å². The Hall–Kier alpha value is -1.46. The zero-order valence-corrected chi connectivity index (χ0v) is 12.5. The Labute approximate surface area is 128 Å². The van der Waals surface area contributed by atoms with E-state index in [2.05, 4.69) is 0 Å². The Morgan fingerprint density at radius 2 is 1.90 bits per heavy atom. The molecule has 1 aliphatic heterocycles. The highest BCUT2D eigenvalue weighted by Crippen LogP contribution is 2.34. The number of epoxide rings is 1. The van der Waals surface area contributed by atoms with E-state index < -0.39 is 11.9 Å². The minimum absolute atomic E-state index is 0.374. The van der Waals surface area contributed by atoms with Crippen LogP contribution in [0, 0.1) is 0 Å². The van der Waals surface area contributed by atoms with Crippen LogP contribution in [0.5, 0.6) is 5.75 Å². The molecule has 0 amide bonds. The summed E-state index contributed by atoms with van der Waals surface area (Å²) in [5, 5.41) is 9.26. The smallest absolute Gasteiger partial charge is 0.494 e. The maximum atomic E-state index is 10.5. The van der Waals surface area contributed by atoms with Gasteiger partial charge >= 0.3 is 6.16 Å². The number of rotatable bonds is 9. The molecule has 1 atom stereocenters. The van der Waals surface area contributed by atoms with E-state index in [4.69, 9.17) is 30.9 Å². The third kappa shape index (κ3) is 5.81. The van der Waals surface area contributed by atoms with Crippen LogP contribution < -0.4 is 4.74 Å². The van der Waals surface area contributed by atoms with Gasteiger partial charge in [-0.2, -0.15) is 0 Å². The molecule has 5 nitrogen and oxygen atoms in total. The highest BCUT2D eigenvalue weighted by molar-refractivity contribution is 6.30. The molecule has 1 aromatic rings. The Bertz CT molecular complexity index is 456. The highest BCUT2D eigenvalue weighted by atomic mass is 35.5. The predicted octanol–water partition coefficient (Wildman–Crippen LogP) is 4.09. The van der Waals surface area contributed by atoms with E-state index in [-0.39, 0.29) is 0 Å². The molecule has 1 fully saturated rings. The fraction of sp³-hybridized carbons (Fsp3) is 0.533. The normalized spacial score (nSPS) is 20.0. The van der Waals surface area contributed by atoms with Crippen LogP contribution in [-0.4, -0.2) is 30.3 Å². The molecule has 0 aromatic heterocycles. The van der Waals surface area contributed by atoms with Gasteiger partial charge in [-0.05, 0) is 37.1 Å². The second-order valence-corrected chi connectivity index (χ2v) is 5.47. The van der Waals surface area contributed by atoms with Crippen molar-refractivity contribution < 1.29 is 24.1 Å². The molecular formula is C15H19ClO5. The van der Waals surface area contributed by atoms with Crippen LogP contribution in [0.2, 0.25) is 5.02 Å². The van der Waals surface area contributed by atoms with Crippen LogP contribution in [0.15, 0.2) is 24.3 Å². The predicted molar refractivity (Wildman–Crippen MR) is 77.8 cm³/mol. The van der Waals surface area contributed by atoms with E-state index >= 15 is 0 Å². The Morgan fingerprint density at radius 3 is 2.52 bits per heavy atom. The van der Waals surface area contributed by atoms with Gasteiger partial charge in [-0.15, -0.1) is 0 Å². The molecule has 1 N–H and O–H groups in total. The third-order valence-corrected chi connectivity index (χ3v) is 3.53. The maximum absolute atomic E-state index is 10.5. The molecular weight excluding hydrogens is 296 g/mol. The number of carbonyl (C=O) groups is 1. The summed E-state index contributed by atoms with van der Waals surface area (Å²) in [7, 11) is 0. The van der Waals surface area contributed by atoms with Gasteiger partial charge in [-0.25, -0.2) is 4.79 Å². The third-order valence-electron chi connectivity index (χ3n) is 3.27. The Morgan fingerprint density at radius 1 is 1.24 bits per heavy atom. The molecule has 1 unspecified atom stereocenters. The number of hydrogen-bond donors (Lipinski definition) is 1. The van der Waals surface area contributed by atoms with E-state index in [0.29, 0.717) is 24.7 Å². The quantitative estimate of drug-likeness (QED) is 0.422. The van der Waals surface area contributed by atoms with Gasteiger partial charge in [0, 0.05) is 11.4 Å². The van der Waals surface area contributed by atoms with Crippen molar-refractivity contribution in [3.05, 3.63) is 29.3 Å². The summed E-state index contributed by atoms with van der Waals surface area (Å²) >= 11 is 5.79. The van der Waals surface area contributed by atoms with Crippen molar-refractivity contribution in [1.82, 2.24) is 0 Å². The molecule has 116 valence electrons. The van der Waals surface area contributed by atoms with Gasteiger partial charge in [0.2, 0.25) is 5.79 Å². The van der Waals surface area contributed by atoms with E-state index in [1.165, 1.54) is 0 Å². The largest absolute Gasteiger partial charge is 0.508 e. The number of benzene rings is 1. The van der Waals surface area contributed by atoms with Crippen LogP contribution in [0.1, 0.15) is 32.1 Å². The Kier molecular flexibility index (Phi) is 5.70. The first-order chi connectivity index (χ1) is 10.1. The second kappa shape index (κ2) is 7.52. The van der Waals surface area contributed by atoms with Gasteiger partial charge in [0.1, 0.15) is 12.4 Å². The summed E-state index contributed by atoms with van der Waals surface area (Å²) in [4.78, 5) is 10.5. The molecule has 21 heavy (non-hydrogen) atoms. The molecule has 1 aromatic carbocycles. The van der Waals surface area contributed by atoms with Crippen molar-refractivity contribution in [3.63, 3.8) is 0 Å². The van der Waals surface area contributed by atoms with Crippen LogP contribution in [0.3, 0.4) is 0 Å². The maximum Gasteiger partial charge on any atom is 0.508 e. The molecule has 6 heteroatoms. The van der Waals surface area contributed by atoms with E-state index in [1.807, 2.05) is 12.1 Å². The topological polar surface area (TPSA) is 68.3 Å². The number of halogens is 1. The summed E-state index contributed by atoms with van der Waals surface area (Å²) in [6, 6.07) is 7.29. The van der Waals surface area contributed by atoms with Gasteiger partial charge in [0.25, 0.3) is 0 Å². The lowest BCUT2D eigenvalue weighted by Gasteiger charge is -2.10. The lowest BCUT2D eigenvalue weighted by Crippen LogP contribution is -2.19. The molecule has 1 aliphatic rings. The summed E-state index contributed by atoms with van der Waals surface area (Å²) in [5.74, 6) is -0.0364. The van der Waals surface area contributed by atoms with Crippen molar-refractivity contribution in [2.75, 3.05) is 13.2 Å². The number of carboxylic acid groups (broad SMARTS) is 1. The number of unbranched alkanes of at least 4 members (excludes halogenated alkanes) is 3. The van der Waals surface area contributed by atoms with Crippen LogP contribution in [-0.2, 0) is 9.47 Å². The standard InChI is InChI=1S/C15H19ClO5/c16-12-5-7-13(8-6-12)19-10-4-2-1-3-9-15(11-20-15)21-14(17)18/h5-8H,1-4,9-11H2,(H,17,18). The average Bonchev–Trinajstić information content (AvgIpc) is 3.19. The first kappa shape index (κ1) is 15.9. The van der Waals surface area contributed by atoms with Crippen molar-refractivity contribution in [2.24, 2.45) is 0 Å².